The lowest BCUT2D eigenvalue weighted by Gasteiger charge is -2.37. The predicted molar refractivity (Wildman–Crippen MR) is 145 cm³/mol. The summed E-state index contributed by atoms with van der Waals surface area (Å²) in [4.78, 5) is 41.4. The molecule has 0 radical (unpaired) electrons. The number of nitrogens with zero attached hydrogens (tertiary/aromatic N) is 1. The van der Waals surface area contributed by atoms with E-state index in [9.17, 15) is 14.4 Å². The van der Waals surface area contributed by atoms with E-state index in [1.807, 2.05) is 4.90 Å². The maximum Gasteiger partial charge on any atom is 0.338 e. The molecule has 204 valence electrons. The number of likely N-dealkylation sites (tertiary alicyclic amines) is 1. The van der Waals surface area contributed by atoms with Crippen molar-refractivity contribution in [3.05, 3.63) is 29.8 Å². The van der Waals surface area contributed by atoms with Crippen LogP contribution in [0.25, 0.3) is 0 Å². The first-order chi connectivity index (χ1) is 17.9. The molecule has 1 aliphatic heterocycles. The second kappa shape index (κ2) is 12.9. The molecule has 3 aliphatic rings. The fourth-order valence-electron chi connectivity index (χ4n) is 6.94. The molecule has 37 heavy (non-hydrogen) atoms. The first-order valence-corrected chi connectivity index (χ1v) is 14.6. The van der Waals surface area contributed by atoms with Gasteiger partial charge in [0.2, 0.25) is 11.8 Å². The third-order valence-corrected chi connectivity index (χ3v) is 9.11. The molecule has 2 aliphatic carbocycles. The van der Waals surface area contributed by atoms with Crippen LogP contribution in [0.15, 0.2) is 24.3 Å². The topological polar surface area (TPSA) is 102 Å². The first kappa shape index (κ1) is 27.6. The second-order valence-electron chi connectivity index (χ2n) is 11.3. The minimum Gasteiger partial charge on any atom is -0.462 e. The van der Waals surface area contributed by atoms with Crippen LogP contribution in [0.4, 0.5) is 5.69 Å². The zero-order chi connectivity index (χ0) is 26.4. The Labute approximate surface area is 221 Å². The van der Waals surface area contributed by atoms with Gasteiger partial charge in [0.1, 0.15) is 6.04 Å². The molecule has 1 saturated heterocycles. The number of amides is 2. The number of hydrogen-bond donors (Lipinski definition) is 2. The van der Waals surface area contributed by atoms with Crippen molar-refractivity contribution in [2.75, 3.05) is 18.5 Å². The zero-order valence-electron chi connectivity index (χ0n) is 22.6. The summed E-state index contributed by atoms with van der Waals surface area (Å²) in [6.45, 7) is 4.88. The molecule has 1 aromatic rings. The Bertz CT molecular complexity index is 919. The molecule has 0 bridgehead atoms. The quantitative estimate of drug-likeness (QED) is 0.471. The Balaban J connectivity index is 1.47. The van der Waals surface area contributed by atoms with E-state index < -0.39 is 6.04 Å². The summed E-state index contributed by atoms with van der Waals surface area (Å²) in [5.41, 5.74) is 7.38. The summed E-state index contributed by atoms with van der Waals surface area (Å²) in [7, 11) is 0. The van der Waals surface area contributed by atoms with Crippen LogP contribution in [-0.2, 0) is 14.3 Å². The molecule has 2 amide bonds. The number of nitrogens with two attached hydrogens (primary N) is 1. The minimum atomic E-state index is -0.434. The summed E-state index contributed by atoms with van der Waals surface area (Å²) in [5.74, 6) is 0.857. The Hall–Kier alpha value is -2.41. The number of hydrogen-bond acceptors (Lipinski definition) is 5. The van der Waals surface area contributed by atoms with Gasteiger partial charge in [-0.2, -0.15) is 0 Å². The van der Waals surface area contributed by atoms with E-state index in [0.29, 0.717) is 36.2 Å². The number of carbonyl (C=O) groups excluding carboxylic acids is 3. The van der Waals surface area contributed by atoms with Gasteiger partial charge in [-0.3, -0.25) is 9.59 Å². The van der Waals surface area contributed by atoms with E-state index in [4.69, 9.17) is 10.5 Å². The molecular formula is C30H45N3O4. The molecule has 7 heteroatoms. The van der Waals surface area contributed by atoms with E-state index in [1.165, 1.54) is 19.3 Å². The van der Waals surface area contributed by atoms with E-state index in [2.05, 4.69) is 12.2 Å². The lowest BCUT2D eigenvalue weighted by Crippen LogP contribution is -2.50. The standard InChI is InChI=1S/C30H45N3O4/c1-3-26(31)21-10-12-22(13-11-21)29(35)33-19-18-25(20-8-6-5-7-9-20)27(33)28(34)32-24-16-14-23(15-17-24)30(36)37-4-2/h14-17,20-22,25-27H,3-13,18-19,31H2,1-2H3,(H,32,34)/t21?,22?,25-,26?,27-/m0/s1. The van der Waals surface area contributed by atoms with Crippen molar-refractivity contribution in [3.8, 4) is 0 Å². The molecule has 0 spiro atoms. The van der Waals surface area contributed by atoms with Crippen LogP contribution in [0, 0.1) is 23.7 Å². The first-order valence-electron chi connectivity index (χ1n) is 14.6. The van der Waals surface area contributed by atoms with Crippen LogP contribution in [0.1, 0.15) is 94.8 Å². The maximum absolute atomic E-state index is 13.8. The van der Waals surface area contributed by atoms with Gasteiger partial charge in [0.15, 0.2) is 0 Å². The zero-order valence-corrected chi connectivity index (χ0v) is 22.6. The molecule has 3 fully saturated rings. The van der Waals surface area contributed by atoms with Crippen LogP contribution in [0.2, 0.25) is 0 Å². The fraction of sp³-hybridized carbons (Fsp3) is 0.700. The van der Waals surface area contributed by atoms with Gasteiger partial charge in [0.25, 0.3) is 0 Å². The Morgan fingerprint density at radius 2 is 1.65 bits per heavy atom. The molecule has 1 aromatic carbocycles. The highest BCUT2D eigenvalue weighted by Gasteiger charge is 2.46. The summed E-state index contributed by atoms with van der Waals surface area (Å²) < 4.78 is 5.06. The number of esters is 1. The molecule has 1 unspecified atom stereocenters. The lowest BCUT2D eigenvalue weighted by atomic mass is 9.76. The molecule has 4 rings (SSSR count). The number of benzene rings is 1. The van der Waals surface area contributed by atoms with E-state index >= 15 is 0 Å². The average Bonchev–Trinajstić information content (AvgIpc) is 3.39. The molecule has 3 N–H and O–H groups in total. The van der Waals surface area contributed by atoms with Crippen LogP contribution < -0.4 is 11.1 Å². The molecular weight excluding hydrogens is 466 g/mol. The van der Waals surface area contributed by atoms with Gasteiger partial charge in [0, 0.05) is 24.2 Å². The number of nitrogens with one attached hydrogen (secondary N) is 1. The van der Waals surface area contributed by atoms with Gasteiger partial charge in [-0.25, -0.2) is 4.79 Å². The van der Waals surface area contributed by atoms with Gasteiger partial charge in [0.05, 0.1) is 12.2 Å². The van der Waals surface area contributed by atoms with E-state index in [0.717, 1.165) is 51.4 Å². The van der Waals surface area contributed by atoms with Gasteiger partial charge < -0.3 is 20.7 Å². The second-order valence-corrected chi connectivity index (χ2v) is 11.3. The minimum absolute atomic E-state index is 0.00965. The Morgan fingerprint density at radius 3 is 2.27 bits per heavy atom. The Kier molecular flexibility index (Phi) is 9.63. The predicted octanol–water partition coefficient (Wildman–Crippen LogP) is 5.14. The van der Waals surface area contributed by atoms with Crippen LogP contribution in [0.3, 0.4) is 0 Å². The SMILES string of the molecule is CCOC(=O)c1ccc(NC(=O)[C@@H]2[C@H](C3CCCCC3)CCN2C(=O)C2CCC(C(N)CC)CC2)cc1. The van der Waals surface area contributed by atoms with Gasteiger partial charge in [-0.05, 0) is 87.5 Å². The maximum atomic E-state index is 13.8. The van der Waals surface area contributed by atoms with Crippen molar-refractivity contribution in [1.82, 2.24) is 4.90 Å². The third kappa shape index (κ3) is 6.54. The highest BCUT2D eigenvalue weighted by Crippen LogP contribution is 2.41. The molecule has 0 aromatic heterocycles. The normalized spacial score (nSPS) is 27.5. The molecule has 7 nitrogen and oxygen atoms in total. The highest BCUT2D eigenvalue weighted by molar-refractivity contribution is 5.98. The van der Waals surface area contributed by atoms with Crippen LogP contribution in [0.5, 0.6) is 0 Å². The number of carbonyl (C=O) groups is 3. The third-order valence-electron chi connectivity index (χ3n) is 9.11. The van der Waals surface area contributed by atoms with Crippen molar-refractivity contribution in [1.29, 1.82) is 0 Å². The highest BCUT2D eigenvalue weighted by atomic mass is 16.5. The summed E-state index contributed by atoms with van der Waals surface area (Å²) in [6, 6.07) is 6.59. The summed E-state index contributed by atoms with van der Waals surface area (Å²) in [6.07, 6.45) is 11.6. The summed E-state index contributed by atoms with van der Waals surface area (Å²) in [5, 5.41) is 3.07. The van der Waals surface area contributed by atoms with Gasteiger partial charge in [-0.1, -0.05) is 39.0 Å². The van der Waals surface area contributed by atoms with E-state index in [1.54, 1.807) is 31.2 Å². The monoisotopic (exact) mass is 511 g/mol. The lowest BCUT2D eigenvalue weighted by molar-refractivity contribution is -0.142. The van der Waals surface area contributed by atoms with Crippen molar-refractivity contribution < 1.29 is 19.1 Å². The van der Waals surface area contributed by atoms with E-state index in [-0.39, 0.29) is 35.7 Å². The van der Waals surface area contributed by atoms with Gasteiger partial charge >= 0.3 is 5.97 Å². The van der Waals surface area contributed by atoms with Gasteiger partial charge in [-0.15, -0.1) is 0 Å². The summed E-state index contributed by atoms with van der Waals surface area (Å²) >= 11 is 0. The van der Waals surface area contributed by atoms with Crippen LogP contribution >= 0.6 is 0 Å². The van der Waals surface area contributed by atoms with Crippen molar-refractivity contribution in [3.63, 3.8) is 0 Å². The largest absolute Gasteiger partial charge is 0.462 e. The fourth-order valence-corrected chi connectivity index (χ4v) is 6.94. The molecule has 2 saturated carbocycles. The van der Waals surface area contributed by atoms with Crippen molar-refractivity contribution >= 4 is 23.5 Å². The number of rotatable bonds is 8. The number of ether oxygens (including phenoxy) is 1. The number of anilines is 1. The average molecular weight is 512 g/mol. The van der Waals surface area contributed by atoms with Crippen LogP contribution in [-0.4, -0.2) is 47.9 Å². The smallest absolute Gasteiger partial charge is 0.338 e. The van der Waals surface area contributed by atoms with Crippen molar-refractivity contribution in [2.24, 2.45) is 29.4 Å². The molecule has 1 heterocycles. The Morgan fingerprint density at radius 1 is 0.973 bits per heavy atom. The molecule has 3 atom stereocenters. The van der Waals surface area contributed by atoms with Crippen molar-refractivity contribution in [2.45, 2.75) is 96.6 Å².